The summed E-state index contributed by atoms with van der Waals surface area (Å²) in [7, 11) is -3.45. The number of carbonyl (C=O) groups is 1. The van der Waals surface area contributed by atoms with Crippen LogP contribution in [0.5, 0.6) is 0 Å². The number of nitro groups is 1. The average molecular weight is 445 g/mol. The number of hydrogen-bond donors (Lipinski definition) is 1. The number of nitrogens with one attached hydrogen (secondary N) is 1. The lowest BCUT2D eigenvalue weighted by Gasteiger charge is -2.28. The maximum Gasteiger partial charge on any atom is 0.269 e. The molecule has 164 valence electrons. The summed E-state index contributed by atoms with van der Waals surface area (Å²) in [6, 6.07) is 12.4. The Bertz CT molecular complexity index is 1170. The minimum atomic E-state index is -3.45. The Kier molecular flexibility index (Phi) is 5.86. The number of carbonyl (C=O) groups excluding carboxylic acids is 1. The molecule has 1 aliphatic rings. The van der Waals surface area contributed by atoms with E-state index < -0.39 is 26.4 Å². The minimum Gasteiger partial charge on any atom is -0.284 e. The molecule has 3 rings (SSSR count). The number of amides is 1. The molecule has 0 radical (unpaired) electrons. The van der Waals surface area contributed by atoms with Crippen molar-refractivity contribution < 1.29 is 18.1 Å². The number of benzene rings is 2. The van der Waals surface area contributed by atoms with Gasteiger partial charge in [-0.2, -0.15) is 5.10 Å². The molecule has 2 aromatic rings. The summed E-state index contributed by atoms with van der Waals surface area (Å²) in [6.07, 6.45) is 1.40. The monoisotopic (exact) mass is 444 g/mol. The molecule has 2 aromatic carbocycles. The lowest BCUT2D eigenvalue weighted by atomic mass is 9.93. The molecule has 0 saturated heterocycles. The van der Waals surface area contributed by atoms with E-state index in [0.29, 0.717) is 28.9 Å². The molecule has 1 atom stereocenters. The highest BCUT2D eigenvalue weighted by Crippen LogP contribution is 2.37. The standard InChI is InChI=1S/C21H24N4O5S/c1-21(2,3)20(26)24-19(15-8-6-10-17(12-15)25(27)28)13-18(22-24)14-7-5-9-16(11-14)23-31(4,29)30/h5-12,19,23H,13H2,1-4H3/t19-/m0/s1. The number of rotatable bonds is 5. The summed E-state index contributed by atoms with van der Waals surface area (Å²) in [6.45, 7) is 5.35. The van der Waals surface area contributed by atoms with E-state index in [-0.39, 0.29) is 11.6 Å². The summed E-state index contributed by atoms with van der Waals surface area (Å²) < 4.78 is 25.5. The van der Waals surface area contributed by atoms with Crippen molar-refractivity contribution in [3.63, 3.8) is 0 Å². The van der Waals surface area contributed by atoms with Gasteiger partial charge >= 0.3 is 0 Å². The fourth-order valence-electron chi connectivity index (χ4n) is 3.30. The van der Waals surface area contributed by atoms with Gasteiger partial charge in [0.05, 0.1) is 22.9 Å². The third kappa shape index (κ3) is 5.26. The normalized spacial score (nSPS) is 16.7. The molecule has 9 nitrogen and oxygen atoms in total. The smallest absolute Gasteiger partial charge is 0.269 e. The quantitative estimate of drug-likeness (QED) is 0.557. The second-order valence-electron chi connectivity index (χ2n) is 8.47. The highest BCUT2D eigenvalue weighted by atomic mass is 32.2. The lowest BCUT2D eigenvalue weighted by molar-refractivity contribution is -0.385. The van der Waals surface area contributed by atoms with Gasteiger partial charge in [0, 0.05) is 29.7 Å². The SMILES string of the molecule is CC(C)(C)C(=O)N1N=C(c2cccc(NS(C)(=O)=O)c2)C[C@H]1c1cccc([N+](=O)[O-])c1. The zero-order valence-electron chi connectivity index (χ0n) is 17.7. The highest BCUT2D eigenvalue weighted by molar-refractivity contribution is 7.92. The first-order valence-corrected chi connectivity index (χ1v) is 11.5. The maximum absolute atomic E-state index is 13.1. The molecular weight excluding hydrogens is 420 g/mol. The Balaban J connectivity index is 2.02. The minimum absolute atomic E-state index is 0.0616. The van der Waals surface area contributed by atoms with Crippen molar-refractivity contribution in [2.24, 2.45) is 10.5 Å². The van der Waals surface area contributed by atoms with Crippen molar-refractivity contribution in [2.45, 2.75) is 33.2 Å². The van der Waals surface area contributed by atoms with Gasteiger partial charge in [0.15, 0.2) is 0 Å². The van der Waals surface area contributed by atoms with Crippen molar-refractivity contribution in [1.29, 1.82) is 0 Å². The molecule has 0 aromatic heterocycles. The van der Waals surface area contributed by atoms with Crippen LogP contribution in [-0.2, 0) is 14.8 Å². The van der Waals surface area contributed by atoms with E-state index in [1.807, 2.05) is 0 Å². The van der Waals surface area contributed by atoms with Crippen LogP contribution in [-0.4, -0.2) is 36.2 Å². The third-order valence-corrected chi connectivity index (χ3v) is 5.33. The van der Waals surface area contributed by atoms with E-state index in [4.69, 9.17) is 0 Å². The number of hydrazone groups is 1. The number of nitro benzene ring substituents is 1. The molecule has 0 unspecified atom stereocenters. The van der Waals surface area contributed by atoms with Gasteiger partial charge in [-0.1, -0.05) is 45.0 Å². The number of hydrogen-bond acceptors (Lipinski definition) is 6. The number of anilines is 1. The summed E-state index contributed by atoms with van der Waals surface area (Å²) in [5.41, 5.74) is 1.47. The number of sulfonamides is 1. The van der Waals surface area contributed by atoms with Crippen molar-refractivity contribution in [3.05, 3.63) is 69.8 Å². The molecule has 1 aliphatic heterocycles. The molecule has 31 heavy (non-hydrogen) atoms. The van der Waals surface area contributed by atoms with Crippen LogP contribution in [0.4, 0.5) is 11.4 Å². The third-order valence-electron chi connectivity index (χ3n) is 4.72. The van der Waals surface area contributed by atoms with Crippen molar-refractivity contribution in [3.8, 4) is 0 Å². The summed E-state index contributed by atoms with van der Waals surface area (Å²) >= 11 is 0. The van der Waals surface area contributed by atoms with Crippen molar-refractivity contribution in [2.75, 3.05) is 11.0 Å². The van der Waals surface area contributed by atoms with Gasteiger partial charge in [-0.25, -0.2) is 13.4 Å². The summed E-state index contributed by atoms with van der Waals surface area (Å²) in [5, 5.41) is 17.1. The Labute approximate surface area is 181 Å². The fourth-order valence-corrected chi connectivity index (χ4v) is 3.85. The van der Waals surface area contributed by atoms with E-state index in [2.05, 4.69) is 9.82 Å². The summed E-state index contributed by atoms with van der Waals surface area (Å²) in [5.74, 6) is -0.218. The van der Waals surface area contributed by atoms with Crippen LogP contribution in [0.3, 0.4) is 0 Å². The van der Waals surface area contributed by atoms with Crippen molar-refractivity contribution >= 4 is 33.0 Å². The predicted octanol–water partition coefficient (Wildman–Crippen LogP) is 3.69. The molecule has 1 amide bonds. The molecule has 1 N–H and O–H groups in total. The highest BCUT2D eigenvalue weighted by Gasteiger charge is 2.38. The molecule has 0 fully saturated rings. The zero-order chi connectivity index (χ0) is 23.0. The van der Waals surface area contributed by atoms with Gasteiger partial charge in [-0.3, -0.25) is 19.6 Å². The van der Waals surface area contributed by atoms with Gasteiger partial charge in [-0.05, 0) is 23.3 Å². The molecule has 0 spiro atoms. The second-order valence-corrected chi connectivity index (χ2v) is 10.2. The Morgan fingerprint density at radius 2 is 1.87 bits per heavy atom. The first-order valence-electron chi connectivity index (χ1n) is 9.59. The van der Waals surface area contributed by atoms with Gasteiger partial charge in [0.25, 0.3) is 5.69 Å². The molecule has 0 bridgehead atoms. The van der Waals surface area contributed by atoms with Crippen LogP contribution in [0.15, 0.2) is 53.6 Å². The maximum atomic E-state index is 13.1. The lowest BCUT2D eigenvalue weighted by Crippen LogP contribution is -2.36. The van der Waals surface area contributed by atoms with E-state index in [1.54, 1.807) is 57.2 Å². The van der Waals surface area contributed by atoms with Crippen molar-refractivity contribution in [1.82, 2.24) is 5.01 Å². The second kappa shape index (κ2) is 8.10. The van der Waals surface area contributed by atoms with E-state index in [1.165, 1.54) is 17.1 Å². The number of nitrogens with zero attached hydrogens (tertiary/aromatic N) is 3. The molecule has 1 heterocycles. The van der Waals surface area contributed by atoms with Crippen LogP contribution in [0, 0.1) is 15.5 Å². The number of non-ortho nitro benzene ring substituents is 1. The van der Waals surface area contributed by atoms with Crippen LogP contribution in [0.2, 0.25) is 0 Å². The topological polar surface area (TPSA) is 122 Å². The van der Waals surface area contributed by atoms with E-state index >= 15 is 0 Å². The van der Waals surface area contributed by atoms with E-state index in [9.17, 15) is 23.3 Å². The van der Waals surface area contributed by atoms with Crippen LogP contribution >= 0.6 is 0 Å². The van der Waals surface area contributed by atoms with Crippen LogP contribution < -0.4 is 4.72 Å². The first kappa shape index (κ1) is 22.4. The molecular formula is C21H24N4O5S. The van der Waals surface area contributed by atoms with E-state index in [0.717, 1.165) is 6.26 Å². The molecule has 0 aliphatic carbocycles. The fraction of sp³-hybridized carbons (Fsp3) is 0.333. The Morgan fingerprint density at radius 1 is 1.19 bits per heavy atom. The first-order chi connectivity index (χ1) is 14.3. The Morgan fingerprint density at radius 3 is 2.48 bits per heavy atom. The van der Waals surface area contributed by atoms with Crippen LogP contribution in [0.25, 0.3) is 0 Å². The molecule has 10 heteroatoms. The van der Waals surface area contributed by atoms with Gasteiger partial charge in [0.2, 0.25) is 15.9 Å². The predicted molar refractivity (Wildman–Crippen MR) is 118 cm³/mol. The zero-order valence-corrected chi connectivity index (χ0v) is 18.5. The Hall–Kier alpha value is -3.27. The van der Waals surface area contributed by atoms with Gasteiger partial charge in [0.1, 0.15) is 0 Å². The van der Waals surface area contributed by atoms with Gasteiger partial charge < -0.3 is 0 Å². The van der Waals surface area contributed by atoms with Gasteiger partial charge in [-0.15, -0.1) is 0 Å². The summed E-state index contributed by atoms with van der Waals surface area (Å²) in [4.78, 5) is 23.8. The molecule has 0 saturated carbocycles. The average Bonchev–Trinajstić information content (AvgIpc) is 3.11. The van der Waals surface area contributed by atoms with Crippen LogP contribution in [0.1, 0.15) is 44.4 Å². The largest absolute Gasteiger partial charge is 0.284 e.